The van der Waals surface area contributed by atoms with Crippen molar-refractivity contribution in [2.45, 2.75) is 53.2 Å². The number of anilines is 2. The molecule has 0 spiro atoms. The average molecular weight is 562 g/mol. The van der Waals surface area contributed by atoms with Crippen molar-refractivity contribution in [3.8, 4) is 5.69 Å². The highest BCUT2D eigenvalue weighted by molar-refractivity contribution is 6.42. The summed E-state index contributed by atoms with van der Waals surface area (Å²) < 4.78 is 16.0. The fourth-order valence-electron chi connectivity index (χ4n) is 4.72. The van der Waals surface area contributed by atoms with Crippen molar-refractivity contribution in [3.63, 3.8) is 0 Å². The van der Waals surface area contributed by atoms with Gasteiger partial charge in [-0.2, -0.15) is 5.10 Å². The van der Waals surface area contributed by atoms with Gasteiger partial charge < -0.3 is 15.1 Å². The van der Waals surface area contributed by atoms with Crippen LogP contribution >= 0.6 is 23.2 Å². The van der Waals surface area contributed by atoms with Gasteiger partial charge in [-0.1, -0.05) is 29.3 Å². The minimum atomic E-state index is -0.322. The number of benzene rings is 2. The number of halogens is 3. The number of hydrogen-bond donors (Lipinski definition) is 1. The van der Waals surface area contributed by atoms with Gasteiger partial charge in [0.15, 0.2) is 0 Å². The van der Waals surface area contributed by atoms with Gasteiger partial charge >= 0.3 is 6.03 Å². The van der Waals surface area contributed by atoms with Crippen LogP contribution in [0, 0.1) is 12.7 Å². The first-order valence-electron chi connectivity index (χ1n) is 12.9. The normalized spacial score (nSPS) is 14.4. The molecule has 0 saturated carbocycles. The van der Waals surface area contributed by atoms with Crippen molar-refractivity contribution in [1.29, 1.82) is 0 Å². The molecule has 2 amide bonds. The Labute approximate surface area is 234 Å². The number of carbonyl (C=O) groups is 1. The number of nitrogens with one attached hydrogen (secondary N) is 1. The van der Waals surface area contributed by atoms with Gasteiger partial charge in [-0.25, -0.2) is 13.9 Å². The lowest BCUT2D eigenvalue weighted by Gasteiger charge is -2.39. The largest absolute Gasteiger partial charge is 0.354 e. The summed E-state index contributed by atoms with van der Waals surface area (Å²) in [5, 5.41) is 8.57. The highest BCUT2D eigenvalue weighted by atomic mass is 35.5. The number of aryl methyl sites for hydroxylation is 1. The van der Waals surface area contributed by atoms with E-state index in [1.165, 1.54) is 12.1 Å². The third-order valence-corrected chi connectivity index (χ3v) is 7.68. The van der Waals surface area contributed by atoms with Gasteiger partial charge in [0.1, 0.15) is 11.6 Å². The van der Waals surface area contributed by atoms with Crippen LogP contribution in [0.3, 0.4) is 0 Å². The van der Waals surface area contributed by atoms with Crippen molar-refractivity contribution >= 4 is 40.7 Å². The fraction of sp³-hybridized carbons (Fsp3) is 0.429. The summed E-state index contributed by atoms with van der Waals surface area (Å²) in [5.74, 6) is 0.571. The molecular weight excluding hydrogens is 526 g/mol. The van der Waals surface area contributed by atoms with E-state index in [0.29, 0.717) is 34.0 Å². The molecule has 204 valence electrons. The summed E-state index contributed by atoms with van der Waals surface area (Å²) in [6, 6.07) is 11.6. The fourth-order valence-corrected chi connectivity index (χ4v) is 5.02. The Kier molecular flexibility index (Phi) is 8.85. The maximum atomic E-state index is 14.2. The Morgan fingerprint density at radius 3 is 2.37 bits per heavy atom. The van der Waals surface area contributed by atoms with Crippen molar-refractivity contribution in [3.05, 3.63) is 69.6 Å². The molecule has 1 N–H and O–H groups in total. The lowest BCUT2D eigenvalue weighted by atomic mass is 10.1. The van der Waals surface area contributed by atoms with E-state index in [0.717, 1.165) is 43.3 Å². The van der Waals surface area contributed by atoms with Crippen molar-refractivity contribution in [1.82, 2.24) is 19.6 Å². The Balaban J connectivity index is 1.69. The van der Waals surface area contributed by atoms with Gasteiger partial charge in [-0.3, -0.25) is 4.90 Å². The molecule has 3 aromatic rings. The molecule has 1 aromatic heterocycles. The first kappa shape index (κ1) is 28.2. The molecule has 0 atom stereocenters. The lowest BCUT2D eigenvalue weighted by Crippen LogP contribution is -2.49. The molecule has 0 radical (unpaired) electrons. The Morgan fingerprint density at radius 1 is 1.05 bits per heavy atom. The monoisotopic (exact) mass is 560 g/mol. The zero-order chi connectivity index (χ0) is 27.6. The Hall–Kier alpha value is -2.81. The zero-order valence-corrected chi connectivity index (χ0v) is 24.0. The van der Waals surface area contributed by atoms with E-state index in [1.807, 2.05) is 31.5 Å². The first-order valence-corrected chi connectivity index (χ1v) is 13.7. The minimum Gasteiger partial charge on any atom is -0.354 e. The standard InChI is InChI=1S/C28H35Cl2FN6O/c1-18(2)34-11-13-35(14-12-34)27-24(20(5)33-37(27)23-8-6-7-21(31)15-23)17-36(19(3)4)28(38)32-22-9-10-25(29)26(30)16-22/h6-10,15-16,18-19H,11-14,17H2,1-5H3,(H,32,38). The molecule has 10 heteroatoms. The molecule has 1 aliphatic heterocycles. The van der Waals surface area contributed by atoms with E-state index in [-0.39, 0.29) is 17.9 Å². The second-order valence-corrected chi connectivity index (χ2v) is 11.0. The summed E-state index contributed by atoms with van der Waals surface area (Å²) in [5.41, 5.74) is 2.94. The molecule has 7 nitrogen and oxygen atoms in total. The average Bonchev–Trinajstić information content (AvgIpc) is 3.20. The number of piperazine rings is 1. The van der Waals surface area contributed by atoms with Crippen LogP contribution in [-0.4, -0.2) is 63.9 Å². The number of carbonyl (C=O) groups excluding carboxylic acids is 1. The second kappa shape index (κ2) is 11.9. The topological polar surface area (TPSA) is 56.6 Å². The van der Waals surface area contributed by atoms with Crippen molar-refractivity contribution < 1.29 is 9.18 Å². The Bertz CT molecular complexity index is 1290. The molecule has 0 unspecified atom stereocenters. The molecule has 4 rings (SSSR count). The van der Waals surface area contributed by atoms with E-state index in [1.54, 1.807) is 29.2 Å². The predicted molar refractivity (Wildman–Crippen MR) is 153 cm³/mol. The van der Waals surface area contributed by atoms with E-state index < -0.39 is 0 Å². The summed E-state index contributed by atoms with van der Waals surface area (Å²) in [4.78, 5) is 19.9. The highest BCUT2D eigenvalue weighted by Crippen LogP contribution is 2.31. The van der Waals surface area contributed by atoms with Gasteiger partial charge in [0.25, 0.3) is 0 Å². The highest BCUT2D eigenvalue weighted by Gasteiger charge is 2.29. The number of amides is 2. The summed E-state index contributed by atoms with van der Waals surface area (Å²) >= 11 is 12.2. The lowest BCUT2D eigenvalue weighted by molar-refractivity contribution is 0.193. The quantitative estimate of drug-likeness (QED) is 0.353. The van der Waals surface area contributed by atoms with Gasteiger partial charge in [-0.15, -0.1) is 0 Å². The molecule has 0 aliphatic carbocycles. The van der Waals surface area contributed by atoms with Crippen molar-refractivity contribution in [2.24, 2.45) is 0 Å². The molecule has 2 aromatic carbocycles. The molecule has 0 bridgehead atoms. The SMILES string of the molecule is Cc1nn(-c2cccc(F)c2)c(N2CCN(C(C)C)CC2)c1CN(C(=O)Nc1ccc(Cl)c(Cl)c1)C(C)C. The maximum Gasteiger partial charge on any atom is 0.322 e. The smallest absolute Gasteiger partial charge is 0.322 e. The predicted octanol–water partition coefficient (Wildman–Crippen LogP) is 6.60. The molecule has 1 fully saturated rings. The van der Waals surface area contributed by atoms with E-state index >= 15 is 0 Å². The van der Waals surface area contributed by atoms with Crippen LogP contribution in [0.15, 0.2) is 42.5 Å². The second-order valence-electron chi connectivity index (χ2n) is 10.2. The Morgan fingerprint density at radius 2 is 1.76 bits per heavy atom. The van der Waals surface area contributed by atoms with E-state index in [2.05, 4.69) is 29.0 Å². The van der Waals surface area contributed by atoms with Crippen LogP contribution in [0.1, 0.15) is 39.0 Å². The van der Waals surface area contributed by atoms with Crippen LogP contribution in [0.25, 0.3) is 5.69 Å². The molecule has 2 heterocycles. The molecular formula is C28H35Cl2FN6O. The maximum absolute atomic E-state index is 14.2. The van der Waals surface area contributed by atoms with Gasteiger partial charge in [0.05, 0.1) is 28.0 Å². The van der Waals surface area contributed by atoms with Gasteiger partial charge in [-0.05, 0) is 71.0 Å². The number of nitrogens with zero attached hydrogens (tertiary/aromatic N) is 5. The summed E-state index contributed by atoms with van der Waals surface area (Å²) in [6.07, 6.45) is 0. The van der Waals surface area contributed by atoms with Crippen LogP contribution < -0.4 is 10.2 Å². The molecule has 1 aliphatic rings. The number of rotatable bonds is 7. The third-order valence-electron chi connectivity index (χ3n) is 6.94. The number of hydrogen-bond acceptors (Lipinski definition) is 4. The third kappa shape index (κ3) is 6.25. The van der Waals surface area contributed by atoms with Gasteiger partial charge in [0, 0.05) is 49.5 Å². The first-order chi connectivity index (χ1) is 18.0. The molecule has 38 heavy (non-hydrogen) atoms. The van der Waals surface area contributed by atoms with Crippen molar-refractivity contribution in [2.75, 3.05) is 36.4 Å². The van der Waals surface area contributed by atoms with Crippen LogP contribution in [0.4, 0.5) is 20.7 Å². The van der Waals surface area contributed by atoms with Gasteiger partial charge in [0.2, 0.25) is 0 Å². The number of urea groups is 1. The minimum absolute atomic E-state index is 0.0969. The number of aromatic nitrogens is 2. The summed E-state index contributed by atoms with van der Waals surface area (Å²) in [7, 11) is 0. The van der Waals surface area contributed by atoms with Crippen LogP contribution in [-0.2, 0) is 6.54 Å². The summed E-state index contributed by atoms with van der Waals surface area (Å²) in [6.45, 7) is 14.1. The zero-order valence-electron chi connectivity index (χ0n) is 22.5. The van der Waals surface area contributed by atoms with Crippen LogP contribution in [0.5, 0.6) is 0 Å². The van der Waals surface area contributed by atoms with E-state index in [4.69, 9.17) is 28.3 Å². The van der Waals surface area contributed by atoms with Crippen LogP contribution in [0.2, 0.25) is 10.0 Å². The van der Waals surface area contributed by atoms with E-state index in [9.17, 15) is 9.18 Å². The molecule has 1 saturated heterocycles.